The molecule has 0 saturated heterocycles. The van der Waals surface area contributed by atoms with Crippen molar-refractivity contribution in [3.8, 4) is 0 Å². The number of amides is 1. The van der Waals surface area contributed by atoms with Crippen LogP contribution in [0.2, 0.25) is 0 Å². The molecule has 19 heavy (non-hydrogen) atoms. The van der Waals surface area contributed by atoms with Crippen LogP contribution in [-0.2, 0) is 9.59 Å². The second-order valence-corrected chi connectivity index (χ2v) is 4.73. The summed E-state index contributed by atoms with van der Waals surface area (Å²) in [6.07, 6.45) is 1.61. The lowest BCUT2D eigenvalue weighted by Crippen LogP contribution is -2.42. The first-order chi connectivity index (χ1) is 8.82. The third-order valence-electron chi connectivity index (χ3n) is 2.84. The molecule has 0 aliphatic heterocycles. The van der Waals surface area contributed by atoms with Crippen LogP contribution >= 0.6 is 0 Å². The number of nitrogens with zero attached hydrogens (tertiary/aromatic N) is 3. The van der Waals surface area contributed by atoms with Crippen molar-refractivity contribution >= 4 is 17.7 Å². The normalized spacial score (nSPS) is 12.7. The van der Waals surface area contributed by atoms with E-state index >= 15 is 0 Å². The zero-order valence-corrected chi connectivity index (χ0v) is 11.6. The molecule has 0 aliphatic carbocycles. The quantitative estimate of drug-likeness (QED) is 0.797. The Morgan fingerprint density at radius 1 is 1.47 bits per heavy atom. The minimum atomic E-state index is -0.964. The van der Waals surface area contributed by atoms with Crippen LogP contribution < -0.4 is 5.32 Å². The fourth-order valence-electron chi connectivity index (χ4n) is 1.61. The first-order valence-corrected chi connectivity index (χ1v) is 6.09. The zero-order valence-electron chi connectivity index (χ0n) is 11.6. The van der Waals surface area contributed by atoms with Gasteiger partial charge in [0.15, 0.2) is 0 Å². The molecule has 1 aromatic rings. The van der Waals surface area contributed by atoms with E-state index in [2.05, 4.69) is 10.4 Å². The van der Waals surface area contributed by atoms with E-state index < -0.39 is 12.0 Å². The van der Waals surface area contributed by atoms with Crippen LogP contribution in [0.25, 0.3) is 0 Å². The molecule has 0 radical (unpaired) electrons. The molecule has 106 valence electrons. The van der Waals surface area contributed by atoms with Crippen LogP contribution in [0, 0.1) is 0 Å². The molecule has 1 unspecified atom stereocenters. The van der Waals surface area contributed by atoms with Crippen molar-refractivity contribution in [1.29, 1.82) is 0 Å². The lowest BCUT2D eigenvalue weighted by Gasteiger charge is -2.22. The first kappa shape index (κ1) is 15.2. The standard InChI is InChI=1S/C12H20N4O3/c1-8(2)16-10(5-6-13-16)14-12(19)9(3)15(4)7-11(17)18/h5-6,8-9H,7H2,1-4H3,(H,14,19)(H,17,18). The van der Waals surface area contributed by atoms with Gasteiger partial charge >= 0.3 is 5.97 Å². The highest BCUT2D eigenvalue weighted by Crippen LogP contribution is 2.13. The van der Waals surface area contributed by atoms with Crippen molar-refractivity contribution in [3.63, 3.8) is 0 Å². The van der Waals surface area contributed by atoms with E-state index in [0.29, 0.717) is 5.82 Å². The largest absolute Gasteiger partial charge is 0.480 e. The number of nitrogens with one attached hydrogen (secondary N) is 1. The van der Waals surface area contributed by atoms with Gasteiger partial charge in [0.25, 0.3) is 0 Å². The molecular formula is C12H20N4O3. The molecule has 1 heterocycles. The van der Waals surface area contributed by atoms with Crippen molar-refractivity contribution in [2.75, 3.05) is 18.9 Å². The number of rotatable bonds is 6. The molecule has 1 rings (SSSR count). The maximum atomic E-state index is 12.0. The predicted molar refractivity (Wildman–Crippen MR) is 71.0 cm³/mol. The van der Waals surface area contributed by atoms with Crippen molar-refractivity contribution in [2.45, 2.75) is 32.9 Å². The summed E-state index contributed by atoms with van der Waals surface area (Å²) in [5, 5.41) is 15.6. The Labute approximate surface area is 112 Å². The molecule has 7 nitrogen and oxygen atoms in total. The molecule has 0 bridgehead atoms. The van der Waals surface area contributed by atoms with Crippen LogP contribution in [0.3, 0.4) is 0 Å². The average molecular weight is 268 g/mol. The number of anilines is 1. The SMILES string of the molecule is CC(C(=O)Nc1ccnn1C(C)C)N(C)CC(=O)O. The smallest absolute Gasteiger partial charge is 0.317 e. The summed E-state index contributed by atoms with van der Waals surface area (Å²) in [6, 6.07) is 1.31. The van der Waals surface area contributed by atoms with Gasteiger partial charge in [0.2, 0.25) is 5.91 Å². The first-order valence-electron chi connectivity index (χ1n) is 6.09. The Kier molecular flexibility index (Phi) is 5.05. The van der Waals surface area contributed by atoms with Gasteiger partial charge in [-0.1, -0.05) is 0 Å². The van der Waals surface area contributed by atoms with Gasteiger partial charge in [-0.2, -0.15) is 5.10 Å². The molecule has 1 atom stereocenters. The van der Waals surface area contributed by atoms with Gasteiger partial charge in [-0.3, -0.25) is 14.5 Å². The van der Waals surface area contributed by atoms with Gasteiger partial charge < -0.3 is 10.4 Å². The second kappa shape index (κ2) is 6.33. The Morgan fingerprint density at radius 2 is 2.11 bits per heavy atom. The number of carbonyl (C=O) groups is 2. The Bertz CT molecular complexity index is 456. The van der Waals surface area contributed by atoms with E-state index in [1.807, 2.05) is 13.8 Å². The van der Waals surface area contributed by atoms with Gasteiger partial charge in [-0.15, -0.1) is 0 Å². The molecule has 0 aromatic carbocycles. The Morgan fingerprint density at radius 3 is 2.63 bits per heavy atom. The van der Waals surface area contributed by atoms with E-state index in [1.54, 1.807) is 30.9 Å². The van der Waals surface area contributed by atoms with Crippen molar-refractivity contribution < 1.29 is 14.7 Å². The summed E-state index contributed by atoms with van der Waals surface area (Å²) in [6.45, 7) is 5.40. The number of aliphatic carboxylic acids is 1. The van der Waals surface area contributed by atoms with Gasteiger partial charge in [0.1, 0.15) is 5.82 Å². The highest BCUT2D eigenvalue weighted by atomic mass is 16.4. The predicted octanol–water partition coefficient (Wildman–Crippen LogP) is 0.807. The number of hydrogen-bond acceptors (Lipinski definition) is 4. The van der Waals surface area contributed by atoms with E-state index in [0.717, 1.165) is 0 Å². The van der Waals surface area contributed by atoms with Crippen molar-refractivity contribution in [1.82, 2.24) is 14.7 Å². The zero-order chi connectivity index (χ0) is 14.6. The maximum Gasteiger partial charge on any atom is 0.317 e. The van der Waals surface area contributed by atoms with E-state index in [9.17, 15) is 9.59 Å². The number of carbonyl (C=O) groups excluding carboxylic acids is 1. The summed E-state index contributed by atoms with van der Waals surface area (Å²) in [5.41, 5.74) is 0. The van der Waals surface area contributed by atoms with Crippen LogP contribution in [0.15, 0.2) is 12.3 Å². The molecule has 2 N–H and O–H groups in total. The molecule has 0 fully saturated rings. The van der Waals surface area contributed by atoms with E-state index in [4.69, 9.17) is 5.11 Å². The van der Waals surface area contributed by atoms with Gasteiger partial charge in [-0.05, 0) is 27.8 Å². The summed E-state index contributed by atoms with van der Waals surface area (Å²) in [4.78, 5) is 24.1. The molecule has 7 heteroatoms. The van der Waals surface area contributed by atoms with Gasteiger partial charge in [-0.25, -0.2) is 4.68 Å². The number of hydrogen-bond donors (Lipinski definition) is 2. The van der Waals surface area contributed by atoms with Crippen LogP contribution in [0.5, 0.6) is 0 Å². The summed E-state index contributed by atoms with van der Waals surface area (Å²) < 4.78 is 1.70. The van der Waals surface area contributed by atoms with Gasteiger partial charge in [0, 0.05) is 12.1 Å². The van der Waals surface area contributed by atoms with Gasteiger partial charge in [0.05, 0.1) is 18.8 Å². The molecule has 1 aromatic heterocycles. The highest BCUT2D eigenvalue weighted by molar-refractivity contribution is 5.94. The molecule has 0 spiro atoms. The lowest BCUT2D eigenvalue weighted by atomic mass is 10.2. The monoisotopic (exact) mass is 268 g/mol. The second-order valence-electron chi connectivity index (χ2n) is 4.73. The number of carboxylic acid groups (broad SMARTS) is 1. The summed E-state index contributed by atoms with van der Waals surface area (Å²) in [5.74, 6) is -0.615. The van der Waals surface area contributed by atoms with Crippen LogP contribution in [-0.4, -0.2) is 51.3 Å². The Hall–Kier alpha value is -1.89. The van der Waals surface area contributed by atoms with Crippen molar-refractivity contribution in [3.05, 3.63) is 12.3 Å². The third kappa shape index (κ3) is 4.06. The minimum Gasteiger partial charge on any atom is -0.480 e. The maximum absolute atomic E-state index is 12.0. The minimum absolute atomic E-state index is 0.136. The fraction of sp³-hybridized carbons (Fsp3) is 0.583. The third-order valence-corrected chi connectivity index (χ3v) is 2.84. The summed E-state index contributed by atoms with van der Waals surface area (Å²) in [7, 11) is 1.60. The molecular weight excluding hydrogens is 248 g/mol. The molecule has 0 aliphatic rings. The average Bonchev–Trinajstić information content (AvgIpc) is 2.75. The van der Waals surface area contributed by atoms with Crippen molar-refractivity contribution in [2.24, 2.45) is 0 Å². The number of likely N-dealkylation sites (N-methyl/N-ethyl adjacent to an activating group) is 1. The summed E-state index contributed by atoms with van der Waals surface area (Å²) >= 11 is 0. The highest BCUT2D eigenvalue weighted by Gasteiger charge is 2.21. The Balaban J connectivity index is 2.68. The van der Waals surface area contributed by atoms with E-state index in [-0.39, 0.29) is 18.5 Å². The number of carboxylic acids is 1. The molecule has 1 amide bonds. The molecule has 0 saturated carbocycles. The fourth-order valence-corrected chi connectivity index (χ4v) is 1.61. The lowest BCUT2D eigenvalue weighted by molar-refractivity contribution is -0.138. The van der Waals surface area contributed by atoms with E-state index in [1.165, 1.54) is 4.90 Å². The van der Waals surface area contributed by atoms with Crippen LogP contribution in [0.4, 0.5) is 5.82 Å². The van der Waals surface area contributed by atoms with Crippen LogP contribution in [0.1, 0.15) is 26.8 Å². The number of aromatic nitrogens is 2. The topological polar surface area (TPSA) is 87.5 Å².